The zero-order valence-electron chi connectivity index (χ0n) is 21.3. The van der Waals surface area contributed by atoms with Crippen LogP contribution >= 0.6 is 11.6 Å². The Hall–Kier alpha value is -2.84. The zero-order valence-corrected chi connectivity index (χ0v) is 22.0. The number of para-hydroxylation sites is 1. The maximum Gasteiger partial charge on any atom is 0.410 e. The Morgan fingerprint density at radius 1 is 1.19 bits per heavy atom. The largest absolute Gasteiger partial charge is 0.444 e. The third-order valence-corrected chi connectivity index (χ3v) is 7.25. The topological polar surface area (TPSA) is 86.4 Å². The Bertz CT molecular complexity index is 1210. The van der Waals surface area contributed by atoms with Crippen molar-refractivity contribution in [2.45, 2.75) is 51.7 Å². The van der Waals surface area contributed by atoms with Gasteiger partial charge in [-0.2, -0.15) is 0 Å². The molecule has 2 N–H and O–H groups in total. The maximum absolute atomic E-state index is 12.3. The molecule has 9 heteroatoms. The number of amides is 1. The van der Waals surface area contributed by atoms with E-state index in [1.54, 1.807) is 6.20 Å². The first-order chi connectivity index (χ1) is 17.2. The molecule has 36 heavy (non-hydrogen) atoms. The molecule has 1 amide bonds. The number of hydrogen-bond donors (Lipinski definition) is 2. The van der Waals surface area contributed by atoms with Gasteiger partial charge in [-0.25, -0.2) is 14.8 Å². The van der Waals surface area contributed by atoms with E-state index in [1.807, 2.05) is 50.1 Å². The smallest absolute Gasteiger partial charge is 0.410 e. The number of nitrogens with zero attached hydrogens (tertiary/aromatic N) is 4. The summed E-state index contributed by atoms with van der Waals surface area (Å²) in [4.78, 5) is 29.2. The number of ether oxygens (including phenoxy) is 1. The highest BCUT2D eigenvalue weighted by Crippen LogP contribution is 2.32. The number of carbonyl (C=O) groups excluding carboxylic acids is 1. The van der Waals surface area contributed by atoms with Gasteiger partial charge in [-0.15, -0.1) is 0 Å². The second-order valence-electron chi connectivity index (χ2n) is 10.9. The van der Waals surface area contributed by atoms with Gasteiger partial charge in [-0.05, 0) is 52.0 Å². The predicted octanol–water partition coefficient (Wildman–Crippen LogP) is 5.41. The fourth-order valence-electron chi connectivity index (χ4n) is 5.18. The monoisotopic (exact) mass is 510 g/mol. The Morgan fingerprint density at radius 2 is 1.97 bits per heavy atom. The minimum atomic E-state index is -0.449. The van der Waals surface area contributed by atoms with Crippen LogP contribution in [0, 0.1) is 5.92 Å². The fraction of sp³-hybridized carbons (Fsp3) is 0.519. The molecule has 2 fully saturated rings. The third kappa shape index (κ3) is 5.76. The van der Waals surface area contributed by atoms with Crippen LogP contribution in [0.2, 0.25) is 5.02 Å². The summed E-state index contributed by atoms with van der Waals surface area (Å²) < 4.78 is 5.52. The van der Waals surface area contributed by atoms with Crippen LogP contribution in [-0.2, 0) is 4.74 Å². The standard InChI is InChI=1S/C27H35ClN6O2/c1-27(2,3)36-26(35)34-12-8-18(9-13-34)16-33-11-10-19(17-33)31-25-30-15-22(28)24(32-25)21-14-29-23-7-5-4-6-20(21)23/h4-7,14-15,18-19,29H,8-13,16-17H2,1-3H3,(H,30,31,32)/t19-/m1/s1. The van der Waals surface area contributed by atoms with Gasteiger partial charge in [0.15, 0.2) is 0 Å². The number of aromatic amines is 1. The molecule has 2 saturated heterocycles. The number of fused-ring (bicyclic) bond motifs is 1. The first-order valence-corrected chi connectivity index (χ1v) is 13.2. The number of hydrogen-bond acceptors (Lipinski definition) is 6. The van der Waals surface area contributed by atoms with Crippen molar-refractivity contribution in [3.63, 3.8) is 0 Å². The second-order valence-corrected chi connectivity index (χ2v) is 11.3. The second kappa shape index (κ2) is 10.3. The molecule has 0 radical (unpaired) electrons. The average Bonchev–Trinajstić information content (AvgIpc) is 3.46. The van der Waals surface area contributed by atoms with Gasteiger partial charge in [0, 0.05) is 61.4 Å². The lowest BCUT2D eigenvalue weighted by molar-refractivity contribution is 0.0172. The van der Waals surface area contributed by atoms with Gasteiger partial charge in [0.2, 0.25) is 5.95 Å². The summed E-state index contributed by atoms with van der Waals surface area (Å²) in [5.41, 5.74) is 2.32. The van der Waals surface area contributed by atoms with Crippen molar-refractivity contribution in [3.05, 3.63) is 41.7 Å². The Labute approximate surface area is 217 Å². The van der Waals surface area contributed by atoms with Crippen LogP contribution in [0.15, 0.2) is 36.7 Å². The van der Waals surface area contributed by atoms with Gasteiger partial charge in [-0.3, -0.25) is 0 Å². The Balaban J connectivity index is 1.14. The van der Waals surface area contributed by atoms with Crippen LogP contribution < -0.4 is 5.32 Å². The molecular formula is C27H35ClN6O2. The van der Waals surface area contributed by atoms with Gasteiger partial charge in [0.25, 0.3) is 0 Å². The summed E-state index contributed by atoms with van der Waals surface area (Å²) in [5.74, 6) is 1.21. The predicted molar refractivity (Wildman–Crippen MR) is 143 cm³/mol. The summed E-state index contributed by atoms with van der Waals surface area (Å²) in [6, 6.07) is 8.43. The maximum atomic E-state index is 12.3. The molecule has 0 spiro atoms. The fourth-order valence-corrected chi connectivity index (χ4v) is 5.37. The molecule has 3 aromatic rings. The van der Waals surface area contributed by atoms with Crippen LogP contribution in [0.1, 0.15) is 40.0 Å². The Morgan fingerprint density at radius 3 is 2.75 bits per heavy atom. The quantitative estimate of drug-likeness (QED) is 0.477. The summed E-state index contributed by atoms with van der Waals surface area (Å²) in [5, 5.41) is 5.16. The normalized spacial score (nSPS) is 19.7. The van der Waals surface area contributed by atoms with E-state index in [0.717, 1.165) is 74.1 Å². The zero-order chi connectivity index (χ0) is 25.3. The highest BCUT2D eigenvalue weighted by molar-refractivity contribution is 6.33. The third-order valence-electron chi connectivity index (χ3n) is 6.98. The number of piperidine rings is 1. The molecular weight excluding hydrogens is 476 g/mol. The molecule has 4 heterocycles. The van der Waals surface area contributed by atoms with Gasteiger partial charge in [0.1, 0.15) is 5.60 Å². The van der Waals surface area contributed by atoms with Crippen molar-refractivity contribution in [1.29, 1.82) is 0 Å². The number of halogens is 1. The van der Waals surface area contributed by atoms with Gasteiger partial charge >= 0.3 is 6.09 Å². The van der Waals surface area contributed by atoms with E-state index in [1.165, 1.54) is 0 Å². The molecule has 2 aromatic heterocycles. The lowest BCUT2D eigenvalue weighted by Gasteiger charge is -2.34. The molecule has 2 aliphatic rings. The molecule has 0 bridgehead atoms. The lowest BCUT2D eigenvalue weighted by Crippen LogP contribution is -2.43. The molecule has 0 saturated carbocycles. The van der Waals surface area contributed by atoms with Crippen molar-refractivity contribution >= 4 is 34.5 Å². The van der Waals surface area contributed by atoms with Crippen molar-refractivity contribution < 1.29 is 9.53 Å². The van der Waals surface area contributed by atoms with Gasteiger partial charge in [-0.1, -0.05) is 29.8 Å². The Kier molecular flexibility index (Phi) is 7.08. The summed E-state index contributed by atoms with van der Waals surface area (Å²) >= 11 is 6.49. The molecule has 2 aliphatic heterocycles. The van der Waals surface area contributed by atoms with Gasteiger partial charge < -0.3 is 24.8 Å². The number of likely N-dealkylation sites (tertiary alicyclic amines) is 2. The highest BCUT2D eigenvalue weighted by Gasteiger charge is 2.30. The molecule has 5 rings (SSSR count). The van der Waals surface area contributed by atoms with E-state index in [9.17, 15) is 4.79 Å². The van der Waals surface area contributed by atoms with E-state index in [2.05, 4.69) is 26.3 Å². The molecule has 1 atom stereocenters. The van der Waals surface area contributed by atoms with Gasteiger partial charge in [0.05, 0.1) is 16.9 Å². The number of rotatable bonds is 5. The number of H-pyrrole nitrogens is 1. The SMILES string of the molecule is CC(C)(C)OC(=O)N1CCC(CN2CC[C@@H](Nc3ncc(Cl)c(-c4c[nH]c5ccccc45)n3)C2)CC1. The van der Waals surface area contributed by atoms with Crippen LogP contribution in [0.25, 0.3) is 22.2 Å². The number of anilines is 1. The van der Waals surface area contributed by atoms with Crippen molar-refractivity contribution in [1.82, 2.24) is 24.8 Å². The van der Waals surface area contributed by atoms with Crippen molar-refractivity contribution in [2.24, 2.45) is 5.92 Å². The summed E-state index contributed by atoms with van der Waals surface area (Å²) in [6.45, 7) is 10.3. The number of carbonyl (C=O) groups is 1. The highest BCUT2D eigenvalue weighted by atomic mass is 35.5. The van der Waals surface area contributed by atoms with Crippen LogP contribution in [0.3, 0.4) is 0 Å². The molecule has 0 unspecified atom stereocenters. The molecule has 0 aliphatic carbocycles. The van der Waals surface area contributed by atoms with E-state index in [4.69, 9.17) is 21.3 Å². The first-order valence-electron chi connectivity index (χ1n) is 12.8. The number of benzene rings is 1. The van der Waals surface area contributed by atoms with Crippen LogP contribution in [0.5, 0.6) is 0 Å². The van der Waals surface area contributed by atoms with E-state index < -0.39 is 5.60 Å². The molecule has 192 valence electrons. The number of aromatic nitrogens is 3. The number of nitrogens with one attached hydrogen (secondary N) is 2. The summed E-state index contributed by atoms with van der Waals surface area (Å²) in [7, 11) is 0. The van der Waals surface area contributed by atoms with Crippen molar-refractivity contribution in [3.8, 4) is 11.3 Å². The summed E-state index contributed by atoms with van der Waals surface area (Å²) in [6.07, 6.45) is 6.52. The lowest BCUT2D eigenvalue weighted by atomic mass is 9.96. The molecule has 8 nitrogen and oxygen atoms in total. The average molecular weight is 511 g/mol. The molecule has 1 aromatic carbocycles. The minimum absolute atomic E-state index is 0.193. The van der Waals surface area contributed by atoms with Crippen LogP contribution in [0.4, 0.5) is 10.7 Å². The van der Waals surface area contributed by atoms with E-state index in [0.29, 0.717) is 22.9 Å². The first kappa shape index (κ1) is 24.8. The van der Waals surface area contributed by atoms with E-state index in [-0.39, 0.29) is 6.09 Å². The van der Waals surface area contributed by atoms with Crippen LogP contribution in [-0.4, -0.2) is 75.2 Å². The minimum Gasteiger partial charge on any atom is -0.444 e. The van der Waals surface area contributed by atoms with Crippen molar-refractivity contribution in [2.75, 3.05) is 38.0 Å². The van der Waals surface area contributed by atoms with E-state index >= 15 is 0 Å².